The molecule has 136 valence electrons. The van der Waals surface area contributed by atoms with Gasteiger partial charge in [-0.3, -0.25) is 0 Å². The number of anilines is 1. The van der Waals surface area contributed by atoms with Crippen LogP contribution in [0.25, 0.3) is 0 Å². The number of rotatable bonds is 8. The van der Waals surface area contributed by atoms with Gasteiger partial charge in [-0.2, -0.15) is 5.21 Å². The number of benzene rings is 2. The molecule has 0 bridgehead atoms. The molecule has 1 aromatic heterocycles. The molecule has 3 aromatic rings. The highest BCUT2D eigenvalue weighted by molar-refractivity contribution is 6.31. The summed E-state index contributed by atoms with van der Waals surface area (Å²) in [5.41, 5.74) is 1.23. The Morgan fingerprint density at radius 1 is 1.15 bits per heavy atom. The van der Waals surface area contributed by atoms with Crippen molar-refractivity contribution in [2.45, 2.75) is 20.1 Å². The number of H-pyrrole nitrogens is 1. The number of nitrogens with zero attached hydrogens (tertiary/aromatic N) is 3. The molecule has 0 aliphatic heterocycles. The summed E-state index contributed by atoms with van der Waals surface area (Å²) < 4.78 is 25.1. The maximum Gasteiger partial charge on any atom is 0.263 e. The van der Waals surface area contributed by atoms with E-state index in [4.69, 9.17) is 21.1 Å². The Morgan fingerprint density at radius 2 is 1.96 bits per heavy atom. The smallest absolute Gasteiger partial charge is 0.263 e. The first-order chi connectivity index (χ1) is 12.7. The lowest BCUT2D eigenvalue weighted by molar-refractivity contribution is 0.265. The average Bonchev–Trinajstić information content (AvgIpc) is 3.15. The molecule has 26 heavy (non-hydrogen) atoms. The fraction of sp³-hybridized carbons (Fsp3) is 0.235. The van der Waals surface area contributed by atoms with Crippen LogP contribution in [0.15, 0.2) is 36.4 Å². The zero-order valence-corrected chi connectivity index (χ0v) is 14.8. The minimum atomic E-state index is -0.322. The first-order valence-electron chi connectivity index (χ1n) is 7.96. The van der Waals surface area contributed by atoms with Crippen molar-refractivity contribution in [3.8, 4) is 11.5 Å². The minimum absolute atomic E-state index is 0.0729. The van der Waals surface area contributed by atoms with Crippen LogP contribution < -0.4 is 14.8 Å². The second kappa shape index (κ2) is 8.48. The molecule has 0 saturated carbocycles. The number of hydrogen-bond donors (Lipinski definition) is 2. The summed E-state index contributed by atoms with van der Waals surface area (Å²) in [6, 6.07) is 9.87. The van der Waals surface area contributed by atoms with E-state index in [9.17, 15) is 4.39 Å². The third-order valence-corrected chi connectivity index (χ3v) is 3.89. The highest BCUT2D eigenvalue weighted by atomic mass is 35.5. The zero-order valence-electron chi connectivity index (χ0n) is 14.0. The summed E-state index contributed by atoms with van der Waals surface area (Å²) in [5, 5.41) is 16.9. The Morgan fingerprint density at radius 3 is 2.69 bits per heavy atom. The van der Waals surface area contributed by atoms with Gasteiger partial charge in [-0.15, -0.1) is 5.10 Å². The van der Waals surface area contributed by atoms with Crippen molar-refractivity contribution in [3.63, 3.8) is 0 Å². The molecule has 7 nitrogen and oxygen atoms in total. The van der Waals surface area contributed by atoms with Gasteiger partial charge >= 0.3 is 0 Å². The highest BCUT2D eigenvalue weighted by Gasteiger charge is 2.13. The van der Waals surface area contributed by atoms with E-state index in [0.717, 1.165) is 5.56 Å². The molecule has 0 unspecified atom stereocenters. The van der Waals surface area contributed by atoms with Crippen LogP contribution in [0.2, 0.25) is 5.02 Å². The van der Waals surface area contributed by atoms with Crippen LogP contribution in [0.3, 0.4) is 0 Å². The molecule has 0 saturated heterocycles. The summed E-state index contributed by atoms with van der Waals surface area (Å²) in [6.45, 7) is 2.78. The van der Waals surface area contributed by atoms with Gasteiger partial charge in [0.25, 0.3) is 5.95 Å². The van der Waals surface area contributed by atoms with E-state index in [-0.39, 0.29) is 12.4 Å². The van der Waals surface area contributed by atoms with E-state index in [2.05, 4.69) is 25.9 Å². The van der Waals surface area contributed by atoms with E-state index in [1.165, 1.54) is 6.07 Å². The van der Waals surface area contributed by atoms with Crippen LogP contribution in [0, 0.1) is 5.82 Å². The summed E-state index contributed by atoms with van der Waals surface area (Å²) in [6.07, 6.45) is 0. The lowest BCUT2D eigenvalue weighted by Crippen LogP contribution is -2.05. The number of hydrogen-bond acceptors (Lipinski definition) is 6. The third-order valence-electron chi connectivity index (χ3n) is 3.54. The molecule has 9 heteroatoms. The van der Waals surface area contributed by atoms with Crippen LogP contribution in [0.4, 0.5) is 10.3 Å². The Bertz CT molecular complexity index is 860. The Kier molecular flexibility index (Phi) is 5.85. The maximum atomic E-state index is 13.8. The first kappa shape index (κ1) is 17.9. The number of tetrazole rings is 1. The monoisotopic (exact) mass is 377 g/mol. The molecule has 3 rings (SSSR count). The fourth-order valence-electron chi connectivity index (χ4n) is 2.28. The van der Waals surface area contributed by atoms with Crippen LogP contribution in [0.5, 0.6) is 11.5 Å². The summed E-state index contributed by atoms with van der Waals surface area (Å²) in [4.78, 5) is 0. The van der Waals surface area contributed by atoms with Gasteiger partial charge in [0, 0.05) is 23.2 Å². The van der Waals surface area contributed by atoms with Gasteiger partial charge < -0.3 is 14.8 Å². The van der Waals surface area contributed by atoms with E-state index in [1.54, 1.807) is 30.3 Å². The van der Waals surface area contributed by atoms with Gasteiger partial charge in [0.15, 0.2) is 11.5 Å². The van der Waals surface area contributed by atoms with Gasteiger partial charge in [-0.1, -0.05) is 34.9 Å². The average molecular weight is 378 g/mol. The molecular formula is C17H17ClFN5O2. The molecule has 0 atom stereocenters. The number of aromatic amines is 1. The van der Waals surface area contributed by atoms with Crippen molar-refractivity contribution < 1.29 is 13.9 Å². The Labute approximate surface area is 154 Å². The molecule has 2 aromatic carbocycles. The molecular weight excluding hydrogens is 361 g/mol. The standard InChI is InChI=1S/C17H17ClFN5O2/c1-2-25-15-7-12(9-20-17-21-23-24-22-17)13(18)8-16(15)26-10-11-5-3-4-6-14(11)19/h3-8H,2,9-10H2,1H3,(H2,20,21,22,23,24). The van der Waals surface area contributed by atoms with Crippen molar-refractivity contribution in [2.75, 3.05) is 11.9 Å². The Hall–Kier alpha value is -2.87. The number of halogens is 2. The molecule has 0 amide bonds. The van der Waals surface area contributed by atoms with Gasteiger partial charge in [0.2, 0.25) is 0 Å². The van der Waals surface area contributed by atoms with Crippen molar-refractivity contribution >= 4 is 17.5 Å². The minimum Gasteiger partial charge on any atom is -0.490 e. The molecule has 0 aliphatic rings. The molecule has 0 spiro atoms. The van der Waals surface area contributed by atoms with E-state index in [0.29, 0.717) is 41.2 Å². The maximum absolute atomic E-state index is 13.8. The largest absolute Gasteiger partial charge is 0.490 e. The van der Waals surface area contributed by atoms with Gasteiger partial charge in [-0.25, -0.2) is 4.39 Å². The molecule has 0 radical (unpaired) electrons. The molecule has 0 aliphatic carbocycles. The fourth-order valence-corrected chi connectivity index (χ4v) is 2.50. The number of aromatic nitrogens is 4. The van der Waals surface area contributed by atoms with Crippen molar-refractivity contribution in [3.05, 3.63) is 58.4 Å². The topological polar surface area (TPSA) is 85.0 Å². The van der Waals surface area contributed by atoms with Gasteiger partial charge in [-0.05, 0) is 29.8 Å². The lowest BCUT2D eigenvalue weighted by atomic mass is 10.2. The van der Waals surface area contributed by atoms with Crippen LogP contribution in [-0.4, -0.2) is 27.2 Å². The predicted molar refractivity (Wildman–Crippen MR) is 94.9 cm³/mol. The predicted octanol–water partition coefficient (Wildman–Crippen LogP) is 3.58. The van der Waals surface area contributed by atoms with E-state index >= 15 is 0 Å². The van der Waals surface area contributed by atoms with Crippen LogP contribution in [-0.2, 0) is 13.2 Å². The van der Waals surface area contributed by atoms with Crippen LogP contribution >= 0.6 is 11.6 Å². The van der Waals surface area contributed by atoms with Crippen molar-refractivity contribution in [2.24, 2.45) is 0 Å². The van der Waals surface area contributed by atoms with Crippen molar-refractivity contribution in [1.82, 2.24) is 20.6 Å². The first-order valence-corrected chi connectivity index (χ1v) is 8.34. The third kappa shape index (κ3) is 4.40. The second-order valence-electron chi connectivity index (χ2n) is 5.29. The lowest BCUT2D eigenvalue weighted by Gasteiger charge is -2.15. The molecule has 1 heterocycles. The zero-order chi connectivity index (χ0) is 18.4. The summed E-state index contributed by atoms with van der Waals surface area (Å²) in [7, 11) is 0. The van der Waals surface area contributed by atoms with Crippen molar-refractivity contribution in [1.29, 1.82) is 0 Å². The summed E-state index contributed by atoms with van der Waals surface area (Å²) in [5.74, 6) is 1.01. The molecule has 0 fully saturated rings. The van der Waals surface area contributed by atoms with E-state index < -0.39 is 0 Å². The van der Waals surface area contributed by atoms with E-state index in [1.807, 2.05) is 6.92 Å². The normalized spacial score (nSPS) is 10.6. The number of ether oxygens (including phenoxy) is 2. The highest BCUT2D eigenvalue weighted by Crippen LogP contribution is 2.34. The quantitative estimate of drug-likeness (QED) is 0.624. The van der Waals surface area contributed by atoms with Crippen LogP contribution in [0.1, 0.15) is 18.1 Å². The second-order valence-corrected chi connectivity index (χ2v) is 5.70. The van der Waals surface area contributed by atoms with Gasteiger partial charge in [0.05, 0.1) is 6.61 Å². The Balaban J connectivity index is 1.76. The SMILES string of the molecule is CCOc1cc(CNc2nn[nH]n2)c(Cl)cc1OCc1ccccc1F. The summed E-state index contributed by atoms with van der Waals surface area (Å²) >= 11 is 6.34. The van der Waals surface area contributed by atoms with Gasteiger partial charge in [0.1, 0.15) is 12.4 Å². The molecule has 2 N–H and O–H groups in total. The number of nitrogens with one attached hydrogen (secondary N) is 2.